The van der Waals surface area contributed by atoms with E-state index in [1.54, 1.807) is 12.1 Å². The summed E-state index contributed by atoms with van der Waals surface area (Å²) in [5.74, 6) is -1.21. The van der Waals surface area contributed by atoms with Crippen LogP contribution in [0.2, 0.25) is 0 Å². The average Bonchev–Trinajstić information content (AvgIpc) is 2.37. The van der Waals surface area contributed by atoms with E-state index < -0.39 is 17.6 Å². The monoisotopic (exact) mass is 288 g/mol. The molecule has 1 aromatic rings. The van der Waals surface area contributed by atoms with Crippen LogP contribution in [0.5, 0.6) is 0 Å². The van der Waals surface area contributed by atoms with Gasteiger partial charge in [-0.1, -0.05) is 30.3 Å². The third-order valence-corrected chi connectivity index (χ3v) is 2.47. The quantitative estimate of drug-likeness (QED) is 0.754. The largest absolute Gasteiger partial charge is 0.479 e. The summed E-state index contributed by atoms with van der Waals surface area (Å²) in [5, 5.41) is 11.1. The number of carbonyl (C=O) groups is 2. The first kappa shape index (κ1) is 17.2. The Kier molecular flexibility index (Phi) is 6.89. The minimum absolute atomic E-state index is 0. The Labute approximate surface area is 117 Å². The highest BCUT2D eigenvalue weighted by Crippen LogP contribution is 2.04. The van der Waals surface area contributed by atoms with Crippen molar-refractivity contribution in [2.24, 2.45) is 5.73 Å². The molecule has 0 aliphatic heterocycles. The molecule has 1 atom stereocenters. The summed E-state index contributed by atoms with van der Waals surface area (Å²) in [6, 6.07) is 9.08. The topological polar surface area (TPSA) is 102 Å². The van der Waals surface area contributed by atoms with Gasteiger partial charge >= 0.3 is 12.1 Å². The Morgan fingerprint density at radius 2 is 1.95 bits per heavy atom. The fourth-order valence-electron chi connectivity index (χ4n) is 1.18. The van der Waals surface area contributed by atoms with Crippen molar-refractivity contribution >= 4 is 24.5 Å². The molecule has 0 saturated heterocycles. The highest BCUT2D eigenvalue weighted by Gasteiger charge is 2.33. The van der Waals surface area contributed by atoms with Crippen LogP contribution in [-0.4, -0.2) is 29.3 Å². The van der Waals surface area contributed by atoms with Crippen LogP contribution in [0.15, 0.2) is 30.3 Å². The minimum Gasteiger partial charge on any atom is -0.479 e. The summed E-state index contributed by atoms with van der Waals surface area (Å²) in [4.78, 5) is 22.4. The van der Waals surface area contributed by atoms with Crippen molar-refractivity contribution in [2.45, 2.75) is 19.1 Å². The van der Waals surface area contributed by atoms with Crippen LogP contribution < -0.4 is 11.1 Å². The van der Waals surface area contributed by atoms with E-state index in [0.717, 1.165) is 5.56 Å². The van der Waals surface area contributed by atoms with Gasteiger partial charge in [0.05, 0.1) is 0 Å². The number of nitrogens with two attached hydrogens (primary N) is 1. The Hall–Kier alpha value is -1.79. The molecule has 0 heterocycles. The van der Waals surface area contributed by atoms with Gasteiger partial charge in [-0.15, -0.1) is 12.4 Å². The van der Waals surface area contributed by atoms with E-state index in [-0.39, 0.29) is 25.6 Å². The number of halogens is 1. The molecule has 19 heavy (non-hydrogen) atoms. The lowest BCUT2D eigenvalue weighted by Gasteiger charge is -2.23. The molecule has 0 aromatic heterocycles. The van der Waals surface area contributed by atoms with Gasteiger partial charge in [-0.25, -0.2) is 9.59 Å². The van der Waals surface area contributed by atoms with E-state index in [0.29, 0.717) is 0 Å². The van der Waals surface area contributed by atoms with E-state index in [9.17, 15) is 9.59 Å². The van der Waals surface area contributed by atoms with Crippen molar-refractivity contribution in [3.8, 4) is 0 Å². The van der Waals surface area contributed by atoms with Crippen molar-refractivity contribution in [2.75, 3.05) is 6.54 Å². The Morgan fingerprint density at radius 3 is 2.42 bits per heavy atom. The van der Waals surface area contributed by atoms with E-state index in [4.69, 9.17) is 15.6 Å². The molecule has 1 rings (SSSR count). The molecule has 0 aliphatic rings. The molecule has 0 saturated carbocycles. The molecule has 4 N–H and O–H groups in total. The number of benzene rings is 1. The zero-order valence-electron chi connectivity index (χ0n) is 10.5. The Balaban J connectivity index is 0.00000324. The second kappa shape index (κ2) is 7.60. The maximum Gasteiger partial charge on any atom is 0.408 e. The number of carboxylic acid groups (broad SMARTS) is 1. The standard InChI is InChI=1S/C12H16N2O4.ClH/c1-12(8-13,10(15)16)14-11(17)18-7-9-5-3-2-4-6-9;/h2-6H,7-8,13H2,1H3,(H,14,17)(H,15,16);1H/t12-;/m0./s1. The minimum atomic E-state index is -1.52. The van der Waals surface area contributed by atoms with E-state index in [1.165, 1.54) is 6.92 Å². The third-order valence-electron chi connectivity index (χ3n) is 2.47. The fourth-order valence-corrected chi connectivity index (χ4v) is 1.18. The van der Waals surface area contributed by atoms with Crippen molar-refractivity contribution in [3.63, 3.8) is 0 Å². The van der Waals surface area contributed by atoms with E-state index in [1.807, 2.05) is 18.2 Å². The number of amides is 1. The van der Waals surface area contributed by atoms with Gasteiger partial charge in [0, 0.05) is 6.54 Å². The Morgan fingerprint density at radius 1 is 1.37 bits per heavy atom. The smallest absolute Gasteiger partial charge is 0.408 e. The molecular weight excluding hydrogens is 272 g/mol. The zero-order chi connectivity index (χ0) is 13.6. The van der Waals surface area contributed by atoms with Gasteiger partial charge in [-0.2, -0.15) is 0 Å². The van der Waals surface area contributed by atoms with Gasteiger partial charge < -0.3 is 20.9 Å². The first-order valence-corrected chi connectivity index (χ1v) is 5.40. The number of carbonyl (C=O) groups excluding carboxylic acids is 1. The number of rotatable bonds is 5. The lowest BCUT2D eigenvalue weighted by molar-refractivity contribution is -0.143. The van der Waals surface area contributed by atoms with Gasteiger partial charge in [-0.05, 0) is 12.5 Å². The number of hydrogen-bond acceptors (Lipinski definition) is 4. The summed E-state index contributed by atoms with van der Waals surface area (Å²) < 4.78 is 4.91. The molecule has 0 fully saturated rings. The van der Waals surface area contributed by atoms with Gasteiger partial charge in [0.2, 0.25) is 0 Å². The summed E-state index contributed by atoms with van der Waals surface area (Å²) in [6.45, 7) is 1.18. The second-order valence-electron chi connectivity index (χ2n) is 4.03. The first-order chi connectivity index (χ1) is 8.48. The van der Waals surface area contributed by atoms with Gasteiger partial charge in [0.1, 0.15) is 12.1 Å². The SMILES string of the molecule is C[C@@](CN)(NC(=O)OCc1ccccc1)C(=O)O.Cl. The highest BCUT2D eigenvalue weighted by molar-refractivity contribution is 5.85. The van der Waals surface area contributed by atoms with Gasteiger partial charge in [0.15, 0.2) is 0 Å². The maximum atomic E-state index is 11.4. The van der Waals surface area contributed by atoms with Crippen LogP contribution in [0.4, 0.5) is 4.79 Å². The van der Waals surface area contributed by atoms with Crippen molar-refractivity contribution < 1.29 is 19.4 Å². The summed E-state index contributed by atoms with van der Waals surface area (Å²) >= 11 is 0. The summed E-state index contributed by atoms with van der Waals surface area (Å²) in [6.07, 6.45) is -0.811. The lowest BCUT2D eigenvalue weighted by Crippen LogP contribution is -2.57. The Bertz CT molecular complexity index is 427. The molecule has 6 nitrogen and oxygen atoms in total. The van der Waals surface area contributed by atoms with Crippen LogP contribution in [0.1, 0.15) is 12.5 Å². The van der Waals surface area contributed by atoms with E-state index >= 15 is 0 Å². The number of carboxylic acids is 1. The van der Waals surface area contributed by atoms with Crippen LogP contribution in [-0.2, 0) is 16.1 Å². The normalized spacial score (nSPS) is 12.7. The van der Waals surface area contributed by atoms with Crippen LogP contribution in [0.25, 0.3) is 0 Å². The second-order valence-corrected chi connectivity index (χ2v) is 4.03. The van der Waals surface area contributed by atoms with Crippen LogP contribution in [0, 0.1) is 0 Å². The number of aliphatic carboxylic acids is 1. The number of ether oxygens (including phenoxy) is 1. The molecular formula is C12H17ClN2O4. The molecule has 0 aliphatic carbocycles. The van der Waals surface area contributed by atoms with Crippen LogP contribution >= 0.6 is 12.4 Å². The number of nitrogens with one attached hydrogen (secondary N) is 1. The summed E-state index contributed by atoms with van der Waals surface area (Å²) in [5.41, 5.74) is 4.61. The molecule has 7 heteroatoms. The molecule has 0 bridgehead atoms. The van der Waals surface area contributed by atoms with Crippen molar-refractivity contribution in [3.05, 3.63) is 35.9 Å². The number of hydrogen-bond donors (Lipinski definition) is 3. The predicted molar refractivity (Wildman–Crippen MR) is 72.1 cm³/mol. The predicted octanol–water partition coefficient (Wildman–Crippen LogP) is 1.14. The summed E-state index contributed by atoms with van der Waals surface area (Å²) in [7, 11) is 0. The lowest BCUT2D eigenvalue weighted by atomic mass is 10.0. The molecule has 0 unspecified atom stereocenters. The zero-order valence-corrected chi connectivity index (χ0v) is 11.3. The maximum absolute atomic E-state index is 11.4. The van der Waals surface area contributed by atoms with Gasteiger partial charge in [-0.3, -0.25) is 0 Å². The molecule has 1 amide bonds. The first-order valence-electron chi connectivity index (χ1n) is 5.40. The average molecular weight is 289 g/mol. The highest BCUT2D eigenvalue weighted by atomic mass is 35.5. The van der Waals surface area contributed by atoms with Crippen molar-refractivity contribution in [1.29, 1.82) is 0 Å². The fraction of sp³-hybridized carbons (Fsp3) is 0.333. The molecule has 106 valence electrons. The van der Waals surface area contributed by atoms with E-state index in [2.05, 4.69) is 5.32 Å². The molecule has 0 spiro atoms. The number of alkyl carbamates (subject to hydrolysis) is 1. The van der Waals surface area contributed by atoms with Crippen molar-refractivity contribution in [1.82, 2.24) is 5.32 Å². The van der Waals surface area contributed by atoms with Crippen LogP contribution in [0.3, 0.4) is 0 Å². The third kappa shape index (κ3) is 5.15. The van der Waals surface area contributed by atoms with Gasteiger partial charge in [0.25, 0.3) is 0 Å². The molecule has 0 radical (unpaired) electrons. The molecule has 1 aromatic carbocycles.